The summed E-state index contributed by atoms with van der Waals surface area (Å²) in [5, 5.41) is 8.08. The van der Waals surface area contributed by atoms with Crippen LogP contribution in [0.4, 0.5) is 0 Å². The van der Waals surface area contributed by atoms with Gasteiger partial charge in [0.25, 0.3) is 5.91 Å². The number of carbonyl (C=O) groups is 1. The molecule has 6 heteroatoms. The van der Waals surface area contributed by atoms with E-state index in [0.717, 1.165) is 11.3 Å². The molecule has 0 saturated heterocycles. The lowest BCUT2D eigenvalue weighted by atomic mass is 10.2. The van der Waals surface area contributed by atoms with E-state index in [9.17, 15) is 4.79 Å². The molecule has 1 heterocycles. The standard InChI is InChI=1S/C13H13BrN4O/c1-9-11(14)12(18(2)17-9)13(19)16-15-8-10-6-4-3-5-7-10/h3-8H,1-2H3,(H,16,19). The van der Waals surface area contributed by atoms with Crippen LogP contribution < -0.4 is 5.43 Å². The SMILES string of the molecule is Cc1nn(C)c(C(=O)NN=Cc2ccccc2)c1Br. The van der Waals surface area contributed by atoms with E-state index >= 15 is 0 Å². The van der Waals surface area contributed by atoms with Gasteiger partial charge in [-0.15, -0.1) is 0 Å². The van der Waals surface area contributed by atoms with Crippen molar-refractivity contribution in [2.24, 2.45) is 12.1 Å². The minimum Gasteiger partial charge on any atom is -0.266 e. The van der Waals surface area contributed by atoms with E-state index in [0.29, 0.717) is 10.2 Å². The van der Waals surface area contributed by atoms with Crippen molar-refractivity contribution in [2.75, 3.05) is 0 Å². The minimum atomic E-state index is -0.304. The van der Waals surface area contributed by atoms with E-state index in [1.807, 2.05) is 37.3 Å². The molecule has 19 heavy (non-hydrogen) atoms. The summed E-state index contributed by atoms with van der Waals surface area (Å²) in [5.74, 6) is -0.304. The Kier molecular flexibility index (Phi) is 4.11. The zero-order chi connectivity index (χ0) is 13.8. The average Bonchev–Trinajstić information content (AvgIpc) is 2.64. The zero-order valence-electron chi connectivity index (χ0n) is 10.6. The normalized spacial score (nSPS) is 10.9. The van der Waals surface area contributed by atoms with Gasteiger partial charge in [0, 0.05) is 7.05 Å². The third-order valence-electron chi connectivity index (χ3n) is 2.54. The predicted molar refractivity (Wildman–Crippen MR) is 77.1 cm³/mol. The van der Waals surface area contributed by atoms with Crippen LogP contribution in [0, 0.1) is 6.92 Å². The number of hydrazone groups is 1. The quantitative estimate of drug-likeness (QED) is 0.696. The fraction of sp³-hybridized carbons (Fsp3) is 0.154. The first-order valence-corrected chi connectivity index (χ1v) is 6.46. The third-order valence-corrected chi connectivity index (χ3v) is 3.49. The van der Waals surface area contributed by atoms with E-state index in [-0.39, 0.29) is 5.91 Å². The van der Waals surface area contributed by atoms with Crippen LogP contribution in [0.25, 0.3) is 0 Å². The molecule has 1 aromatic heterocycles. The molecule has 1 amide bonds. The molecule has 0 atom stereocenters. The molecule has 2 aromatic rings. The maximum absolute atomic E-state index is 12.0. The summed E-state index contributed by atoms with van der Waals surface area (Å²) in [6, 6.07) is 9.54. The largest absolute Gasteiger partial charge is 0.290 e. The number of nitrogens with one attached hydrogen (secondary N) is 1. The Bertz CT molecular complexity index is 619. The first-order valence-electron chi connectivity index (χ1n) is 5.67. The number of nitrogens with zero attached hydrogens (tertiary/aromatic N) is 3. The second kappa shape index (κ2) is 5.79. The predicted octanol–water partition coefficient (Wildman–Crippen LogP) is 2.25. The van der Waals surface area contributed by atoms with Crippen molar-refractivity contribution in [3.63, 3.8) is 0 Å². The molecule has 0 saturated carbocycles. The Balaban J connectivity index is 2.08. The van der Waals surface area contributed by atoms with Crippen molar-refractivity contribution in [3.05, 3.63) is 51.8 Å². The molecule has 0 aliphatic heterocycles. The molecule has 0 bridgehead atoms. The molecule has 0 spiro atoms. The zero-order valence-corrected chi connectivity index (χ0v) is 12.2. The van der Waals surface area contributed by atoms with Crippen molar-refractivity contribution in [1.29, 1.82) is 0 Å². The number of carbonyl (C=O) groups excluding carboxylic acids is 1. The number of halogens is 1. The van der Waals surface area contributed by atoms with Gasteiger partial charge in [0.2, 0.25) is 0 Å². The van der Waals surface area contributed by atoms with E-state index in [1.54, 1.807) is 13.3 Å². The lowest BCUT2D eigenvalue weighted by molar-refractivity contribution is 0.0945. The van der Waals surface area contributed by atoms with Crippen LogP contribution in [-0.2, 0) is 7.05 Å². The van der Waals surface area contributed by atoms with Gasteiger partial charge in [-0.2, -0.15) is 10.2 Å². The summed E-state index contributed by atoms with van der Waals surface area (Å²) in [6.07, 6.45) is 1.59. The monoisotopic (exact) mass is 320 g/mol. The van der Waals surface area contributed by atoms with Crippen LogP contribution in [0.15, 0.2) is 39.9 Å². The van der Waals surface area contributed by atoms with Crippen molar-refractivity contribution >= 4 is 28.1 Å². The van der Waals surface area contributed by atoms with Crippen LogP contribution in [0.1, 0.15) is 21.7 Å². The maximum atomic E-state index is 12.0. The lowest BCUT2D eigenvalue weighted by Gasteiger charge is -2.00. The van der Waals surface area contributed by atoms with Gasteiger partial charge < -0.3 is 0 Å². The first kappa shape index (κ1) is 13.5. The third kappa shape index (κ3) is 3.08. The summed E-state index contributed by atoms with van der Waals surface area (Å²) in [6.45, 7) is 1.83. The summed E-state index contributed by atoms with van der Waals surface area (Å²) >= 11 is 3.34. The molecular formula is C13H13BrN4O. The van der Waals surface area contributed by atoms with Gasteiger partial charge in [0.1, 0.15) is 5.69 Å². The molecule has 5 nitrogen and oxygen atoms in total. The highest BCUT2D eigenvalue weighted by Gasteiger charge is 2.17. The fourth-order valence-electron chi connectivity index (χ4n) is 1.64. The van der Waals surface area contributed by atoms with Gasteiger partial charge in [0.05, 0.1) is 16.4 Å². The Morgan fingerprint density at radius 3 is 2.68 bits per heavy atom. The number of amides is 1. The average molecular weight is 321 g/mol. The maximum Gasteiger partial charge on any atom is 0.290 e. The van der Waals surface area contributed by atoms with Crippen molar-refractivity contribution < 1.29 is 4.79 Å². The summed E-state index contributed by atoms with van der Waals surface area (Å²) < 4.78 is 2.20. The molecule has 1 aromatic carbocycles. The Morgan fingerprint density at radius 2 is 2.11 bits per heavy atom. The van der Waals surface area contributed by atoms with Gasteiger partial charge in [-0.3, -0.25) is 9.48 Å². The Morgan fingerprint density at radius 1 is 1.42 bits per heavy atom. The topological polar surface area (TPSA) is 59.3 Å². The van der Waals surface area contributed by atoms with Crippen LogP contribution in [0.5, 0.6) is 0 Å². The Labute approximate surface area is 119 Å². The Hall–Kier alpha value is -1.95. The number of aryl methyl sites for hydroxylation is 2. The van der Waals surface area contributed by atoms with Crippen LogP contribution >= 0.6 is 15.9 Å². The van der Waals surface area contributed by atoms with Gasteiger partial charge in [-0.1, -0.05) is 30.3 Å². The number of hydrogen-bond acceptors (Lipinski definition) is 3. The van der Waals surface area contributed by atoms with Crippen molar-refractivity contribution in [3.8, 4) is 0 Å². The smallest absolute Gasteiger partial charge is 0.266 e. The molecule has 0 radical (unpaired) electrons. The van der Waals surface area contributed by atoms with Crippen LogP contribution in [0.3, 0.4) is 0 Å². The summed E-state index contributed by atoms with van der Waals surface area (Å²) in [5.41, 5.74) is 4.61. The van der Waals surface area contributed by atoms with Gasteiger partial charge in [0.15, 0.2) is 0 Å². The van der Waals surface area contributed by atoms with E-state index in [1.165, 1.54) is 4.68 Å². The van der Waals surface area contributed by atoms with Crippen LogP contribution in [0.2, 0.25) is 0 Å². The fourth-order valence-corrected chi connectivity index (χ4v) is 2.15. The number of rotatable bonds is 3. The molecule has 0 aliphatic carbocycles. The van der Waals surface area contributed by atoms with Crippen molar-refractivity contribution in [1.82, 2.24) is 15.2 Å². The second-order valence-corrected chi connectivity index (χ2v) is 4.77. The molecule has 1 N–H and O–H groups in total. The summed E-state index contributed by atoms with van der Waals surface area (Å²) in [7, 11) is 1.72. The molecule has 2 rings (SSSR count). The molecule has 0 aliphatic rings. The molecular weight excluding hydrogens is 308 g/mol. The lowest BCUT2D eigenvalue weighted by Crippen LogP contribution is -2.21. The minimum absolute atomic E-state index is 0.304. The number of benzene rings is 1. The highest BCUT2D eigenvalue weighted by atomic mass is 79.9. The first-order chi connectivity index (χ1) is 9.09. The molecule has 0 unspecified atom stereocenters. The number of hydrogen-bond donors (Lipinski definition) is 1. The van der Waals surface area contributed by atoms with E-state index in [2.05, 4.69) is 31.6 Å². The van der Waals surface area contributed by atoms with Crippen molar-refractivity contribution in [2.45, 2.75) is 6.92 Å². The number of aromatic nitrogens is 2. The van der Waals surface area contributed by atoms with Crippen LogP contribution in [-0.4, -0.2) is 21.9 Å². The molecule has 98 valence electrons. The summed E-state index contributed by atoms with van der Waals surface area (Å²) in [4.78, 5) is 12.0. The highest BCUT2D eigenvalue weighted by Crippen LogP contribution is 2.19. The van der Waals surface area contributed by atoms with Gasteiger partial charge in [-0.05, 0) is 28.4 Å². The van der Waals surface area contributed by atoms with E-state index < -0.39 is 0 Å². The van der Waals surface area contributed by atoms with E-state index in [4.69, 9.17) is 0 Å². The van der Waals surface area contributed by atoms with Gasteiger partial charge >= 0.3 is 0 Å². The molecule has 0 fully saturated rings. The highest BCUT2D eigenvalue weighted by molar-refractivity contribution is 9.10. The second-order valence-electron chi connectivity index (χ2n) is 3.98. The van der Waals surface area contributed by atoms with Gasteiger partial charge in [-0.25, -0.2) is 5.43 Å².